The molecule has 1 unspecified atom stereocenters. The molecule has 1 saturated carbocycles. The molecule has 2 N–H and O–H groups in total. The maximum atomic E-state index is 12.9. The van der Waals surface area contributed by atoms with Gasteiger partial charge in [-0.2, -0.15) is 0 Å². The lowest BCUT2D eigenvalue weighted by atomic mass is 10.0. The van der Waals surface area contributed by atoms with Crippen LogP contribution in [0, 0.1) is 6.92 Å². The Balaban J connectivity index is 1.59. The van der Waals surface area contributed by atoms with Gasteiger partial charge in [-0.05, 0) is 50.2 Å². The minimum atomic E-state index is -2.42. The highest BCUT2D eigenvalue weighted by molar-refractivity contribution is 7.76. The van der Waals surface area contributed by atoms with Crippen molar-refractivity contribution in [1.82, 2.24) is 14.6 Å². The largest absolute Gasteiger partial charge is 0.760 e. The number of benzene rings is 1. The number of pyridine rings is 1. The third kappa shape index (κ3) is 6.86. The number of carbonyl (C=O) groups excluding carboxylic acids is 1. The number of hydrogen-bond acceptors (Lipinski definition) is 6. The number of nitrogens with one attached hydrogen (secondary N) is 1. The third-order valence-electron chi connectivity index (χ3n) is 6.92. The quantitative estimate of drug-likeness (QED) is 0.215. The molecular formula is C28H34N3O6S-. The molecule has 0 spiro atoms. The molecule has 1 aliphatic carbocycles. The summed E-state index contributed by atoms with van der Waals surface area (Å²) < 4.78 is 31.7. The summed E-state index contributed by atoms with van der Waals surface area (Å²) in [4.78, 5) is 28.3. The molecule has 10 heteroatoms. The van der Waals surface area contributed by atoms with Crippen molar-refractivity contribution in [1.29, 1.82) is 0 Å². The number of aryl methyl sites for hydroxylation is 1. The van der Waals surface area contributed by atoms with Gasteiger partial charge in [0.05, 0.1) is 23.2 Å². The van der Waals surface area contributed by atoms with Gasteiger partial charge in [0.25, 0.3) is 5.91 Å². The molecule has 1 fully saturated rings. The minimum Gasteiger partial charge on any atom is -0.760 e. The third-order valence-corrected chi connectivity index (χ3v) is 7.65. The molecule has 0 radical (unpaired) electrons. The number of furan rings is 1. The number of carboxylic acid groups (broad SMARTS) is 1. The Morgan fingerprint density at radius 3 is 2.47 bits per heavy atom. The summed E-state index contributed by atoms with van der Waals surface area (Å²) in [5.41, 5.74) is 4.22. The van der Waals surface area contributed by atoms with E-state index in [1.165, 1.54) is 4.31 Å². The lowest BCUT2D eigenvalue weighted by molar-refractivity contribution is -0.137. The van der Waals surface area contributed by atoms with Gasteiger partial charge in [-0.3, -0.25) is 13.8 Å². The summed E-state index contributed by atoms with van der Waals surface area (Å²) in [6.07, 6.45) is 5.96. The number of aromatic nitrogens is 1. The fourth-order valence-corrected chi connectivity index (χ4v) is 5.18. The van der Waals surface area contributed by atoms with Crippen LogP contribution in [0.1, 0.15) is 84.5 Å². The first-order valence-electron chi connectivity index (χ1n) is 13.1. The smallest absolute Gasteiger partial charge is 0.303 e. The molecule has 204 valence electrons. The van der Waals surface area contributed by atoms with Gasteiger partial charge in [0.2, 0.25) is 5.71 Å². The van der Waals surface area contributed by atoms with Gasteiger partial charge in [0.1, 0.15) is 5.76 Å². The van der Waals surface area contributed by atoms with Crippen molar-refractivity contribution in [2.75, 3.05) is 13.6 Å². The zero-order valence-corrected chi connectivity index (χ0v) is 22.6. The highest BCUT2D eigenvalue weighted by Crippen LogP contribution is 2.44. The van der Waals surface area contributed by atoms with Crippen molar-refractivity contribution < 1.29 is 27.9 Å². The summed E-state index contributed by atoms with van der Waals surface area (Å²) in [6, 6.07) is 9.68. The second-order valence-corrected chi connectivity index (χ2v) is 10.8. The predicted octanol–water partition coefficient (Wildman–Crippen LogP) is 5.06. The first-order chi connectivity index (χ1) is 18.3. The Hall–Kier alpha value is -3.08. The maximum absolute atomic E-state index is 12.9. The van der Waals surface area contributed by atoms with E-state index in [0.717, 1.165) is 48.8 Å². The summed E-state index contributed by atoms with van der Waals surface area (Å²) in [6.45, 7) is 2.48. The van der Waals surface area contributed by atoms with Crippen LogP contribution in [-0.2, 0) is 22.6 Å². The lowest BCUT2D eigenvalue weighted by Gasteiger charge is -2.24. The van der Waals surface area contributed by atoms with Crippen molar-refractivity contribution in [3.05, 3.63) is 52.7 Å². The average molecular weight is 541 g/mol. The van der Waals surface area contributed by atoms with E-state index in [1.807, 2.05) is 37.3 Å². The number of rotatable bonds is 14. The van der Waals surface area contributed by atoms with Crippen molar-refractivity contribution in [3.63, 3.8) is 0 Å². The predicted molar refractivity (Wildman–Crippen MR) is 144 cm³/mol. The number of amides is 1. The van der Waals surface area contributed by atoms with Crippen LogP contribution in [0.4, 0.5) is 0 Å². The zero-order chi connectivity index (χ0) is 27.2. The summed E-state index contributed by atoms with van der Waals surface area (Å²) in [5, 5.41) is 12.1. The van der Waals surface area contributed by atoms with Crippen molar-refractivity contribution >= 4 is 34.2 Å². The Morgan fingerprint density at radius 2 is 1.84 bits per heavy atom. The van der Waals surface area contributed by atoms with Crippen LogP contribution in [-0.4, -0.2) is 48.6 Å². The highest BCUT2D eigenvalue weighted by atomic mass is 32.2. The van der Waals surface area contributed by atoms with Crippen LogP contribution >= 0.6 is 0 Å². The number of nitrogens with zero attached hydrogens (tertiary/aromatic N) is 2. The number of carbonyl (C=O) groups is 2. The van der Waals surface area contributed by atoms with Crippen LogP contribution in [0.3, 0.4) is 0 Å². The molecule has 1 aliphatic rings. The zero-order valence-electron chi connectivity index (χ0n) is 21.8. The van der Waals surface area contributed by atoms with Crippen LogP contribution < -0.4 is 5.32 Å². The second kappa shape index (κ2) is 12.6. The summed E-state index contributed by atoms with van der Waals surface area (Å²) >= 11 is -2.42. The van der Waals surface area contributed by atoms with Crippen molar-refractivity contribution in [3.8, 4) is 11.3 Å². The fourth-order valence-electron chi connectivity index (χ4n) is 4.68. The SMILES string of the molecule is CNC(=O)c1c(-c2ccc(C)cc2)oc2nc(CN(CCCCCCCC(=O)O)S(=O)[O-])c(C3CC3)cc12. The summed E-state index contributed by atoms with van der Waals surface area (Å²) in [7, 11) is 1.58. The van der Waals surface area contributed by atoms with Crippen molar-refractivity contribution in [2.24, 2.45) is 0 Å². The molecule has 1 amide bonds. The molecule has 2 heterocycles. The number of carboxylic acids is 1. The minimum absolute atomic E-state index is 0.132. The van der Waals surface area contributed by atoms with Crippen LogP contribution in [0.15, 0.2) is 34.7 Å². The van der Waals surface area contributed by atoms with E-state index < -0.39 is 17.2 Å². The second-order valence-electron chi connectivity index (χ2n) is 9.89. The molecule has 38 heavy (non-hydrogen) atoms. The molecule has 2 aromatic heterocycles. The first-order valence-corrected chi connectivity index (χ1v) is 14.1. The number of hydrogen-bond donors (Lipinski definition) is 2. The fraction of sp³-hybridized carbons (Fsp3) is 0.464. The van der Waals surface area contributed by atoms with Crippen LogP contribution in [0.25, 0.3) is 22.4 Å². The van der Waals surface area contributed by atoms with E-state index in [0.29, 0.717) is 47.5 Å². The normalized spacial score (nSPS) is 14.2. The van der Waals surface area contributed by atoms with Gasteiger partial charge in [0, 0.05) is 36.8 Å². The monoisotopic (exact) mass is 540 g/mol. The van der Waals surface area contributed by atoms with E-state index in [4.69, 9.17) is 14.5 Å². The Labute approximate surface area is 225 Å². The van der Waals surface area contributed by atoms with Crippen LogP contribution in [0.5, 0.6) is 0 Å². The van der Waals surface area contributed by atoms with E-state index >= 15 is 0 Å². The standard InChI is InChI=1S/C28H35N3O6S/c1-18-9-11-20(12-10-18)26-25(27(34)29-2)22-16-21(19-13-14-19)23(30-28(22)37-26)17-31(38(35)36)15-7-5-3-4-6-8-24(32)33/h9-12,16,19H,3-8,13-15,17H2,1-2H3,(H,29,34)(H,32,33)(H,35,36)/p-1. The molecule has 0 bridgehead atoms. The number of unbranched alkanes of at least 4 members (excludes halogenated alkanes) is 4. The van der Waals surface area contributed by atoms with E-state index in [9.17, 15) is 18.4 Å². The van der Waals surface area contributed by atoms with Gasteiger partial charge < -0.3 is 19.4 Å². The molecule has 0 saturated heterocycles. The van der Waals surface area contributed by atoms with Gasteiger partial charge >= 0.3 is 5.97 Å². The van der Waals surface area contributed by atoms with E-state index in [1.54, 1.807) is 7.05 Å². The molecule has 3 aromatic rings. The number of aliphatic carboxylic acids is 1. The van der Waals surface area contributed by atoms with Gasteiger partial charge in [-0.15, -0.1) is 0 Å². The first kappa shape index (κ1) is 27.9. The van der Waals surface area contributed by atoms with Crippen molar-refractivity contribution in [2.45, 2.75) is 70.8 Å². The highest BCUT2D eigenvalue weighted by Gasteiger charge is 2.31. The molecule has 0 aliphatic heterocycles. The van der Waals surface area contributed by atoms with Crippen LogP contribution in [0.2, 0.25) is 0 Å². The molecule has 1 aromatic carbocycles. The van der Waals surface area contributed by atoms with Gasteiger partial charge in [-0.1, -0.05) is 49.1 Å². The number of fused-ring (bicyclic) bond motifs is 1. The molecule has 9 nitrogen and oxygen atoms in total. The van der Waals surface area contributed by atoms with E-state index in [2.05, 4.69) is 5.32 Å². The molecule has 4 rings (SSSR count). The maximum Gasteiger partial charge on any atom is 0.303 e. The Morgan fingerprint density at radius 1 is 1.16 bits per heavy atom. The van der Waals surface area contributed by atoms with Gasteiger partial charge in [-0.25, -0.2) is 9.29 Å². The molecule has 1 atom stereocenters. The Bertz CT molecular complexity index is 1320. The topological polar surface area (TPSA) is 136 Å². The summed E-state index contributed by atoms with van der Waals surface area (Å²) in [5.74, 6) is -0.327. The average Bonchev–Trinajstić information content (AvgIpc) is 3.67. The van der Waals surface area contributed by atoms with E-state index in [-0.39, 0.29) is 24.8 Å². The van der Waals surface area contributed by atoms with Gasteiger partial charge in [0.15, 0.2) is 0 Å². The molecular weight excluding hydrogens is 506 g/mol. The Kier molecular flexibility index (Phi) is 9.30. The lowest BCUT2D eigenvalue weighted by Crippen LogP contribution is -2.27.